The Bertz CT molecular complexity index is 5980. The van der Waals surface area contributed by atoms with Crippen molar-refractivity contribution in [2.45, 2.75) is 25.9 Å². The molecule has 574 valence electrons. The number of hydrogen-bond acceptors (Lipinski definition) is 15. The predicted octanol–water partition coefficient (Wildman–Crippen LogP) is 16.2. The maximum atomic E-state index is 13.9. The molecule has 8 N–H and O–H groups in total. The van der Waals surface area contributed by atoms with E-state index in [2.05, 4.69) is 66.7 Å². The minimum Gasteiger partial charge on any atom is -0.495 e. The maximum absolute atomic E-state index is 13.9. The molecule has 1 saturated carbocycles. The summed E-state index contributed by atoms with van der Waals surface area (Å²) in [6.45, 7) is 1.09. The normalized spacial score (nSPS) is 11.9. The molecule has 0 atom stereocenters. The summed E-state index contributed by atoms with van der Waals surface area (Å²) in [6.07, 6.45) is 20.8. The lowest BCUT2D eigenvalue weighted by atomic mass is 10.1. The molecule has 8 aromatic carbocycles. The predicted molar refractivity (Wildman–Crippen MR) is 407 cm³/mol. The van der Waals surface area contributed by atoms with E-state index in [1.165, 1.54) is 114 Å². The van der Waals surface area contributed by atoms with Gasteiger partial charge in [0, 0.05) is 65.5 Å². The summed E-state index contributed by atoms with van der Waals surface area (Å²) >= 11 is 0. The van der Waals surface area contributed by atoms with Gasteiger partial charge in [0.25, 0.3) is 17.7 Å². The standard InChI is InChI=1S/C22H17F2N5O2.C22H17F2N3O3.C21H19F2N3O2.C17H12F2N2O3/c1-31-21-16(22(30)27-12-15-11-25-8-9-26-15)5-7-19-20(21)18(28-29-19)6-3-13-2-4-14(23)10-17(13)24;1-29-21-16(22(28)25-12-15-3-2-10-30-15)7-9-19-20(21)18(26-27-19)8-5-13-4-6-14(23)11-17(13)24;1-28-20-15(21(27)24-11-12-2-3-12)7-9-18-19(20)17(25-26-18)8-5-13-4-6-14(22)10-16(13)23;1-24-16-11(17(22)23)5-7-14-15(16)13(20-21-14)6-3-9-2-4-10(18)8-12(9)19/h2-11H,12H2,1H3,(H,27,30)(H,28,29);2-11H,12H2,1H3,(H,25,28)(H,26,27);4-10,12H,2-3,11H2,1H3,(H,24,27)(H,25,26);2-8H,1H3,(H,20,21)(H,22,23)/b6-3+;2*8-5+;6-3+. The lowest BCUT2D eigenvalue weighted by Crippen LogP contribution is -2.26. The van der Waals surface area contributed by atoms with E-state index in [-0.39, 0.29) is 64.4 Å². The van der Waals surface area contributed by atoms with E-state index in [9.17, 15) is 59.4 Å². The fraction of sp³-hybridized carbons (Fsp3) is 0.122. The van der Waals surface area contributed by atoms with Gasteiger partial charge in [-0.3, -0.25) is 44.7 Å². The first-order valence-corrected chi connectivity index (χ1v) is 34.3. The van der Waals surface area contributed by atoms with Crippen molar-refractivity contribution in [2.24, 2.45) is 5.92 Å². The Morgan fingerprint density at radius 2 is 0.788 bits per heavy atom. The van der Waals surface area contributed by atoms with Crippen LogP contribution in [0.2, 0.25) is 0 Å². The highest BCUT2D eigenvalue weighted by Gasteiger charge is 2.26. The van der Waals surface area contributed by atoms with Gasteiger partial charge < -0.3 is 44.4 Å². The van der Waals surface area contributed by atoms with E-state index in [0.29, 0.717) is 124 Å². The number of benzene rings is 8. The van der Waals surface area contributed by atoms with Crippen molar-refractivity contribution in [3.63, 3.8) is 0 Å². The molecule has 1 aliphatic rings. The number of nitrogens with one attached hydrogen (secondary N) is 7. The number of methoxy groups -OCH3 is 4. The van der Waals surface area contributed by atoms with Gasteiger partial charge in [-0.1, -0.05) is 0 Å². The molecule has 0 unspecified atom stereocenters. The van der Waals surface area contributed by atoms with Crippen LogP contribution >= 0.6 is 0 Å². The number of amides is 3. The first-order valence-electron chi connectivity index (χ1n) is 34.3. The fourth-order valence-corrected chi connectivity index (χ4v) is 11.7. The van der Waals surface area contributed by atoms with Gasteiger partial charge in [-0.15, -0.1) is 0 Å². The SMILES string of the molecule is COc1c(C(=O)NCC2CC2)ccc2n[nH]c(/C=C/c3ccc(F)cc3F)c12.COc1c(C(=O)NCc2ccco2)ccc2n[nH]c(/C=C/c3ccc(F)cc3F)c12.COc1c(C(=O)NCc2cnccn2)ccc2n[nH]c(/C=C/c3ccc(F)cc3F)c12.COc1c(C(=O)O)ccc2n[nH]c(/C=C/c3ccc(F)cc3F)c12. The number of aromatic nitrogens is 10. The monoisotopic (exact) mass is 1540 g/mol. The van der Waals surface area contributed by atoms with Crippen LogP contribution in [0.15, 0.2) is 163 Å². The van der Waals surface area contributed by atoms with Crippen LogP contribution in [0.5, 0.6) is 23.0 Å². The van der Waals surface area contributed by atoms with Gasteiger partial charge >= 0.3 is 5.97 Å². The fourth-order valence-electron chi connectivity index (χ4n) is 11.7. The highest BCUT2D eigenvalue weighted by Crippen LogP contribution is 2.38. The molecule has 6 aromatic heterocycles. The third kappa shape index (κ3) is 18.6. The third-order valence-corrected chi connectivity index (χ3v) is 17.5. The molecular weight excluding hydrogens is 1480 g/mol. The minimum absolute atomic E-state index is 0.00554. The van der Waals surface area contributed by atoms with E-state index < -0.39 is 52.5 Å². The van der Waals surface area contributed by atoms with Crippen molar-refractivity contribution < 1.29 is 82.8 Å². The van der Waals surface area contributed by atoms with Crippen molar-refractivity contribution in [2.75, 3.05) is 35.0 Å². The second-order valence-corrected chi connectivity index (χ2v) is 24.8. The summed E-state index contributed by atoms with van der Waals surface area (Å²) < 4.78 is 135. The molecule has 113 heavy (non-hydrogen) atoms. The van der Waals surface area contributed by atoms with Crippen LogP contribution in [-0.4, -0.2) is 115 Å². The second kappa shape index (κ2) is 35.7. The average molecular weight is 1540 g/mol. The van der Waals surface area contributed by atoms with E-state index in [1.54, 1.807) is 91.4 Å². The number of carboxylic acids is 1. The lowest BCUT2D eigenvalue weighted by Gasteiger charge is -2.10. The van der Waals surface area contributed by atoms with Crippen LogP contribution in [0.4, 0.5) is 35.1 Å². The Hall–Kier alpha value is -14.5. The Balaban J connectivity index is 0.000000140. The third-order valence-electron chi connectivity index (χ3n) is 17.5. The largest absolute Gasteiger partial charge is 0.495 e. The average Bonchev–Trinajstić information content (AvgIpc) is 1.70. The number of aromatic amines is 4. The van der Waals surface area contributed by atoms with Gasteiger partial charge in [0.15, 0.2) is 0 Å². The van der Waals surface area contributed by atoms with Crippen LogP contribution in [0.1, 0.15) is 111 Å². The topological polar surface area (TPSA) is 315 Å². The summed E-state index contributed by atoms with van der Waals surface area (Å²) in [5.74, 6) is -4.95. The Kier molecular flexibility index (Phi) is 24.6. The second-order valence-electron chi connectivity index (χ2n) is 24.8. The van der Waals surface area contributed by atoms with Crippen LogP contribution in [-0.2, 0) is 13.1 Å². The van der Waals surface area contributed by atoms with Crippen LogP contribution < -0.4 is 34.9 Å². The molecule has 0 radical (unpaired) electrons. The van der Waals surface area contributed by atoms with Gasteiger partial charge in [-0.05, 0) is 177 Å². The highest BCUT2D eigenvalue weighted by molar-refractivity contribution is 6.08. The number of halogens is 8. The highest BCUT2D eigenvalue weighted by atomic mass is 19.2. The number of nitrogens with zero attached hydrogens (tertiary/aromatic N) is 6. The van der Waals surface area contributed by atoms with Gasteiger partial charge in [0.1, 0.15) is 80.9 Å². The number of fused-ring (bicyclic) bond motifs is 4. The zero-order valence-electron chi connectivity index (χ0n) is 60.1. The Morgan fingerprint density at radius 1 is 0.442 bits per heavy atom. The number of carboxylic acid groups (broad SMARTS) is 1. The van der Waals surface area contributed by atoms with Crippen molar-refractivity contribution in [1.82, 2.24) is 66.7 Å². The van der Waals surface area contributed by atoms with Crippen molar-refractivity contribution >= 4 is 116 Å². The molecule has 0 aliphatic heterocycles. The molecule has 0 bridgehead atoms. The van der Waals surface area contributed by atoms with Gasteiger partial charge in [-0.2, -0.15) is 20.4 Å². The molecule has 6 heterocycles. The molecule has 1 fully saturated rings. The molecule has 23 nitrogen and oxygen atoms in total. The number of rotatable bonds is 22. The summed E-state index contributed by atoms with van der Waals surface area (Å²) in [6, 6.07) is 29.7. The molecule has 15 rings (SSSR count). The van der Waals surface area contributed by atoms with E-state index in [0.717, 1.165) is 43.2 Å². The Morgan fingerprint density at radius 3 is 1.10 bits per heavy atom. The van der Waals surface area contributed by atoms with E-state index >= 15 is 0 Å². The van der Waals surface area contributed by atoms with Crippen molar-refractivity contribution in [3.8, 4) is 23.0 Å². The number of aromatic carboxylic acids is 1. The summed E-state index contributed by atoms with van der Waals surface area (Å²) in [5, 5.41) is 48.0. The summed E-state index contributed by atoms with van der Waals surface area (Å²) in [4.78, 5) is 57.4. The number of carbonyl (C=O) groups is 4. The summed E-state index contributed by atoms with van der Waals surface area (Å²) in [7, 11) is 5.76. The number of H-pyrrole nitrogens is 4. The van der Waals surface area contributed by atoms with E-state index in [4.69, 9.17) is 23.4 Å². The van der Waals surface area contributed by atoms with Crippen LogP contribution in [0.3, 0.4) is 0 Å². The zero-order chi connectivity index (χ0) is 79.8. The molecule has 0 spiro atoms. The molecule has 31 heteroatoms. The van der Waals surface area contributed by atoms with Crippen molar-refractivity contribution in [1.29, 1.82) is 0 Å². The van der Waals surface area contributed by atoms with Crippen LogP contribution in [0, 0.1) is 52.5 Å². The van der Waals surface area contributed by atoms with Gasteiger partial charge in [0.2, 0.25) is 0 Å². The first-order chi connectivity index (χ1) is 54.7. The number of ether oxygens (including phenoxy) is 4. The first kappa shape index (κ1) is 78.1. The van der Waals surface area contributed by atoms with Crippen molar-refractivity contribution in [3.05, 3.63) is 284 Å². The molecule has 3 amide bonds. The maximum Gasteiger partial charge on any atom is 0.339 e. The number of carbonyl (C=O) groups excluding carboxylic acids is 3. The van der Waals surface area contributed by atoms with E-state index in [1.807, 2.05) is 0 Å². The summed E-state index contributed by atoms with van der Waals surface area (Å²) in [5.41, 5.74) is 6.83. The van der Waals surface area contributed by atoms with Gasteiger partial charge in [-0.25, -0.2) is 39.9 Å². The smallest absolute Gasteiger partial charge is 0.339 e. The Labute approximate surface area is 636 Å². The molecule has 14 aromatic rings. The minimum atomic E-state index is -1.13. The van der Waals surface area contributed by atoms with Gasteiger partial charge in [0.05, 0.1) is 143 Å². The molecule has 1 aliphatic carbocycles. The molecular formula is C82H65F8N13O10. The number of hydrogen-bond donors (Lipinski definition) is 8. The molecule has 0 saturated heterocycles. The lowest BCUT2D eigenvalue weighted by molar-refractivity contribution is 0.0692. The quantitative estimate of drug-likeness (QED) is 0.0292. The van der Waals surface area contributed by atoms with Crippen LogP contribution in [0.25, 0.3) is 92.2 Å². The number of furan rings is 1. The zero-order valence-corrected chi connectivity index (χ0v) is 60.1.